The van der Waals surface area contributed by atoms with E-state index in [1.807, 2.05) is 0 Å². The van der Waals surface area contributed by atoms with Crippen LogP contribution in [0, 0.1) is 0 Å². The summed E-state index contributed by atoms with van der Waals surface area (Å²) in [6.45, 7) is 1.27. The molecule has 82 valence electrons. The van der Waals surface area contributed by atoms with Gasteiger partial charge in [0.05, 0.1) is 17.7 Å². The van der Waals surface area contributed by atoms with Gasteiger partial charge in [-0.3, -0.25) is 4.79 Å². The van der Waals surface area contributed by atoms with E-state index in [1.165, 1.54) is 20.1 Å². The van der Waals surface area contributed by atoms with Gasteiger partial charge >= 0.3 is 0 Å². The molecule has 0 spiro atoms. The van der Waals surface area contributed by atoms with Crippen molar-refractivity contribution in [3.05, 3.63) is 28.3 Å². The summed E-state index contributed by atoms with van der Waals surface area (Å²) in [6.07, 6.45) is -2.70. The highest BCUT2D eigenvalue weighted by atomic mass is 35.5. The van der Waals surface area contributed by atoms with Crippen LogP contribution >= 0.6 is 11.6 Å². The van der Waals surface area contributed by atoms with E-state index in [0.717, 1.165) is 6.07 Å². The lowest BCUT2D eigenvalue weighted by Gasteiger charge is -2.10. The van der Waals surface area contributed by atoms with E-state index in [-0.39, 0.29) is 27.7 Å². The molecule has 0 atom stereocenters. The summed E-state index contributed by atoms with van der Waals surface area (Å²) in [5.41, 5.74) is -0.250. The molecule has 0 unspecified atom stereocenters. The number of methoxy groups -OCH3 is 1. The highest BCUT2D eigenvalue weighted by Gasteiger charge is 2.18. The van der Waals surface area contributed by atoms with Crippen LogP contribution in [0.2, 0.25) is 5.02 Å². The molecule has 5 heteroatoms. The minimum absolute atomic E-state index is 0.0139. The number of Topliss-reactive ketones (excluding diaryl/α,β-unsaturated/α-hetero) is 1. The third kappa shape index (κ3) is 2.45. The Labute approximate surface area is 90.8 Å². The van der Waals surface area contributed by atoms with Gasteiger partial charge in [0.2, 0.25) is 0 Å². The minimum atomic E-state index is -2.70. The SMILES string of the molecule is COc1cc(Cl)c(C(C)=O)cc1C(F)F. The Morgan fingerprint density at radius 1 is 1.47 bits per heavy atom. The van der Waals surface area contributed by atoms with Crippen molar-refractivity contribution in [3.63, 3.8) is 0 Å². The number of benzene rings is 1. The van der Waals surface area contributed by atoms with Crippen molar-refractivity contribution in [2.75, 3.05) is 7.11 Å². The molecule has 0 heterocycles. The van der Waals surface area contributed by atoms with E-state index in [0.29, 0.717) is 0 Å². The predicted octanol–water partition coefficient (Wildman–Crippen LogP) is 3.49. The number of halogens is 3. The second kappa shape index (κ2) is 4.57. The van der Waals surface area contributed by atoms with Crippen molar-refractivity contribution in [1.29, 1.82) is 0 Å². The highest BCUT2D eigenvalue weighted by molar-refractivity contribution is 6.34. The van der Waals surface area contributed by atoms with Crippen LogP contribution < -0.4 is 4.74 Å². The normalized spacial score (nSPS) is 10.5. The Morgan fingerprint density at radius 2 is 2.07 bits per heavy atom. The first-order valence-electron chi connectivity index (χ1n) is 4.14. The number of hydrogen-bond acceptors (Lipinski definition) is 2. The third-order valence-corrected chi connectivity index (χ3v) is 2.25. The molecule has 2 nitrogen and oxygen atoms in total. The largest absolute Gasteiger partial charge is 0.496 e. The number of carbonyl (C=O) groups is 1. The lowest BCUT2D eigenvalue weighted by molar-refractivity contribution is 0.101. The molecular formula is C10H9ClF2O2. The van der Waals surface area contributed by atoms with E-state index in [1.54, 1.807) is 0 Å². The fraction of sp³-hybridized carbons (Fsp3) is 0.300. The van der Waals surface area contributed by atoms with Crippen LogP contribution in [-0.4, -0.2) is 12.9 Å². The fourth-order valence-corrected chi connectivity index (χ4v) is 1.48. The van der Waals surface area contributed by atoms with Crippen LogP contribution in [0.5, 0.6) is 5.75 Å². The van der Waals surface area contributed by atoms with Gasteiger partial charge in [0, 0.05) is 5.56 Å². The van der Waals surface area contributed by atoms with E-state index >= 15 is 0 Å². The maximum atomic E-state index is 12.6. The Balaban J connectivity index is 3.37. The Kier molecular flexibility index (Phi) is 3.63. The fourth-order valence-electron chi connectivity index (χ4n) is 1.19. The second-order valence-corrected chi connectivity index (χ2v) is 3.34. The average Bonchev–Trinajstić information content (AvgIpc) is 2.16. The summed E-state index contributed by atoms with van der Waals surface area (Å²) >= 11 is 5.73. The molecule has 0 fully saturated rings. The van der Waals surface area contributed by atoms with Crippen LogP contribution in [0.3, 0.4) is 0 Å². The van der Waals surface area contributed by atoms with Crippen molar-refractivity contribution >= 4 is 17.4 Å². The van der Waals surface area contributed by atoms with Crippen molar-refractivity contribution in [1.82, 2.24) is 0 Å². The molecule has 0 N–H and O–H groups in total. The van der Waals surface area contributed by atoms with Crippen molar-refractivity contribution in [2.45, 2.75) is 13.3 Å². The van der Waals surface area contributed by atoms with Crippen molar-refractivity contribution in [3.8, 4) is 5.75 Å². The van der Waals surface area contributed by atoms with Crippen LogP contribution in [0.15, 0.2) is 12.1 Å². The van der Waals surface area contributed by atoms with Gasteiger partial charge in [-0.15, -0.1) is 0 Å². The topological polar surface area (TPSA) is 26.3 Å². The minimum Gasteiger partial charge on any atom is -0.496 e. The third-order valence-electron chi connectivity index (χ3n) is 1.93. The Morgan fingerprint density at radius 3 is 2.47 bits per heavy atom. The zero-order chi connectivity index (χ0) is 11.6. The Hall–Kier alpha value is -1.16. The van der Waals surface area contributed by atoms with Crippen LogP contribution in [-0.2, 0) is 0 Å². The molecule has 15 heavy (non-hydrogen) atoms. The number of carbonyl (C=O) groups excluding carboxylic acids is 1. The van der Waals surface area contributed by atoms with Crippen LogP contribution in [0.25, 0.3) is 0 Å². The number of alkyl halides is 2. The number of hydrogen-bond donors (Lipinski definition) is 0. The van der Waals surface area contributed by atoms with Gasteiger partial charge in [-0.25, -0.2) is 8.78 Å². The van der Waals surface area contributed by atoms with Crippen LogP contribution in [0.4, 0.5) is 8.78 Å². The molecular weight excluding hydrogens is 226 g/mol. The zero-order valence-electron chi connectivity index (χ0n) is 8.18. The molecule has 0 amide bonds. The first kappa shape index (κ1) is 11.9. The van der Waals surface area contributed by atoms with Crippen molar-refractivity contribution in [2.24, 2.45) is 0 Å². The van der Waals surface area contributed by atoms with Gasteiger partial charge in [-0.2, -0.15) is 0 Å². The quantitative estimate of drug-likeness (QED) is 0.749. The van der Waals surface area contributed by atoms with Crippen LogP contribution in [0.1, 0.15) is 29.3 Å². The molecule has 0 aromatic heterocycles. The number of ether oxygens (including phenoxy) is 1. The molecule has 0 saturated carbocycles. The maximum Gasteiger partial charge on any atom is 0.267 e. The summed E-state index contributed by atoms with van der Waals surface area (Å²) in [4.78, 5) is 11.1. The van der Waals surface area contributed by atoms with Gasteiger partial charge in [0.25, 0.3) is 6.43 Å². The predicted molar refractivity (Wildman–Crippen MR) is 53.0 cm³/mol. The van der Waals surface area contributed by atoms with E-state index in [2.05, 4.69) is 0 Å². The van der Waals surface area contributed by atoms with E-state index in [4.69, 9.17) is 16.3 Å². The molecule has 0 aliphatic heterocycles. The average molecular weight is 235 g/mol. The van der Waals surface area contributed by atoms with E-state index in [9.17, 15) is 13.6 Å². The summed E-state index contributed by atoms with van der Waals surface area (Å²) in [6, 6.07) is 2.29. The Bertz CT molecular complexity index is 391. The number of rotatable bonds is 3. The first-order chi connectivity index (χ1) is 6.97. The van der Waals surface area contributed by atoms with Gasteiger partial charge in [-0.1, -0.05) is 11.6 Å². The summed E-state index contributed by atoms with van der Waals surface area (Å²) in [7, 11) is 1.27. The van der Waals surface area contributed by atoms with Gasteiger partial charge in [0.1, 0.15) is 5.75 Å². The zero-order valence-corrected chi connectivity index (χ0v) is 8.94. The van der Waals surface area contributed by atoms with Gasteiger partial charge in [-0.05, 0) is 19.1 Å². The summed E-state index contributed by atoms with van der Waals surface area (Å²) in [5.74, 6) is -0.371. The number of ketones is 1. The molecule has 0 aliphatic rings. The monoisotopic (exact) mass is 234 g/mol. The second-order valence-electron chi connectivity index (χ2n) is 2.93. The molecule has 1 aromatic carbocycles. The molecule has 0 aliphatic carbocycles. The maximum absolute atomic E-state index is 12.6. The molecule has 0 radical (unpaired) electrons. The standard InChI is InChI=1S/C10H9ClF2O2/c1-5(14)6-3-7(10(12)13)9(15-2)4-8(6)11/h3-4,10H,1-2H3. The molecule has 0 bridgehead atoms. The molecule has 1 aromatic rings. The van der Waals surface area contributed by atoms with Gasteiger partial charge < -0.3 is 4.74 Å². The molecule has 1 rings (SSSR count). The van der Waals surface area contributed by atoms with Crippen molar-refractivity contribution < 1.29 is 18.3 Å². The summed E-state index contributed by atoms with van der Waals surface area (Å²) < 4.78 is 29.9. The summed E-state index contributed by atoms with van der Waals surface area (Å²) in [5, 5.41) is 0.115. The lowest BCUT2D eigenvalue weighted by atomic mass is 10.1. The lowest BCUT2D eigenvalue weighted by Crippen LogP contribution is -1.99. The van der Waals surface area contributed by atoms with Gasteiger partial charge in [0.15, 0.2) is 5.78 Å². The smallest absolute Gasteiger partial charge is 0.267 e. The highest BCUT2D eigenvalue weighted by Crippen LogP contribution is 2.33. The first-order valence-corrected chi connectivity index (χ1v) is 4.51. The molecule has 0 saturated heterocycles. The van der Waals surface area contributed by atoms with E-state index < -0.39 is 6.43 Å².